The first kappa shape index (κ1) is 15.5. The predicted molar refractivity (Wildman–Crippen MR) is 77.7 cm³/mol. The van der Waals surface area contributed by atoms with E-state index in [1.54, 1.807) is 12.5 Å². The van der Waals surface area contributed by atoms with Crippen molar-refractivity contribution in [3.8, 4) is 0 Å². The summed E-state index contributed by atoms with van der Waals surface area (Å²) in [5.41, 5.74) is 0. The third-order valence-electron chi connectivity index (χ3n) is 4.17. The maximum absolute atomic E-state index is 12.2. The number of carboxylic acids is 1. The minimum atomic E-state index is -0.808. The summed E-state index contributed by atoms with van der Waals surface area (Å²) in [5.74, 6) is -1.32. The van der Waals surface area contributed by atoms with Crippen LogP contribution in [0.25, 0.3) is 0 Å². The zero-order valence-electron chi connectivity index (χ0n) is 12.4. The summed E-state index contributed by atoms with van der Waals surface area (Å²) in [6.07, 6.45) is 9.82. The minimum absolute atomic E-state index is 0.0692. The van der Waals surface area contributed by atoms with E-state index in [-0.39, 0.29) is 18.0 Å². The molecule has 1 saturated carbocycles. The molecular formula is C15H23N3O3. The third-order valence-corrected chi connectivity index (χ3v) is 4.17. The Labute approximate surface area is 124 Å². The summed E-state index contributed by atoms with van der Waals surface area (Å²) in [6, 6.07) is -0.137. The standard InChI is InChI=1S/C15H23N3O3/c1-2-4-11(18-8-7-16-10-18)9-14(19)17-13-6-3-5-12(13)15(20)21/h7-8,10-13H,2-6,9H2,1H3,(H,17,19)(H,20,21). The molecule has 3 unspecified atom stereocenters. The Hall–Kier alpha value is -1.85. The van der Waals surface area contributed by atoms with Crippen LogP contribution in [0.5, 0.6) is 0 Å². The van der Waals surface area contributed by atoms with Gasteiger partial charge in [-0.15, -0.1) is 0 Å². The highest BCUT2D eigenvalue weighted by Gasteiger charge is 2.34. The molecule has 1 aromatic rings. The molecule has 1 aliphatic carbocycles. The molecule has 3 atom stereocenters. The van der Waals surface area contributed by atoms with Crippen molar-refractivity contribution in [3.63, 3.8) is 0 Å². The van der Waals surface area contributed by atoms with Crippen molar-refractivity contribution in [3.05, 3.63) is 18.7 Å². The molecule has 0 saturated heterocycles. The summed E-state index contributed by atoms with van der Waals surface area (Å²) >= 11 is 0. The van der Waals surface area contributed by atoms with E-state index in [4.69, 9.17) is 5.11 Å². The summed E-state index contributed by atoms with van der Waals surface area (Å²) in [4.78, 5) is 27.4. The smallest absolute Gasteiger partial charge is 0.308 e. The van der Waals surface area contributed by atoms with Gasteiger partial charge in [-0.25, -0.2) is 4.98 Å². The van der Waals surface area contributed by atoms with Crippen molar-refractivity contribution in [1.82, 2.24) is 14.9 Å². The zero-order valence-corrected chi connectivity index (χ0v) is 12.4. The highest BCUT2D eigenvalue weighted by Crippen LogP contribution is 2.26. The Balaban J connectivity index is 1.92. The lowest BCUT2D eigenvalue weighted by Crippen LogP contribution is -2.40. The van der Waals surface area contributed by atoms with Gasteiger partial charge in [-0.2, -0.15) is 0 Å². The van der Waals surface area contributed by atoms with Crippen molar-refractivity contribution in [2.45, 2.75) is 57.5 Å². The topological polar surface area (TPSA) is 84.2 Å². The second-order valence-corrected chi connectivity index (χ2v) is 5.71. The summed E-state index contributed by atoms with van der Waals surface area (Å²) in [7, 11) is 0. The maximum atomic E-state index is 12.2. The monoisotopic (exact) mass is 293 g/mol. The molecule has 0 bridgehead atoms. The number of imidazole rings is 1. The van der Waals surface area contributed by atoms with E-state index in [2.05, 4.69) is 17.2 Å². The van der Waals surface area contributed by atoms with Gasteiger partial charge in [-0.05, 0) is 19.3 Å². The number of carbonyl (C=O) groups excluding carboxylic acids is 1. The highest BCUT2D eigenvalue weighted by atomic mass is 16.4. The first-order valence-corrected chi connectivity index (χ1v) is 7.61. The molecule has 21 heavy (non-hydrogen) atoms. The van der Waals surface area contributed by atoms with E-state index in [1.165, 1.54) is 0 Å². The SMILES string of the molecule is CCCC(CC(=O)NC1CCCC1C(=O)O)n1ccnc1. The van der Waals surface area contributed by atoms with Crippen molar-refractivity contribution in [2.75, 3.05) is 0 Å². The number of aliphatic carboxylic acids is 1. The van der Waals surface area contributed by atoms with Crippen molar-refractivity contribution in [1.29, 1.82) is 0 Å². The summed E-state index contributed by atoms with van der Waals surface area (Å²) in [6.45, 7) is 2.08. The molecule has 1 aromatic heterocycles. The maximum Gasteiger partial charge on any atom is 0.308 e. The van der Waals surface area contributed by atoms with Gasteiger partial charge in [-0.1, -0.05) is 19.8 Å². The Bertz CT molecular complexity index is 473. The number of hydrogen-bond donors (Lipinski definition) is 2. The molecule has 6 nitrogen and oxygen atoms in total. The van der Waals surface area contributed by atoms with Crippen LogP contribution in [-0.4, -0.2) is 32.6 Å². The molecule has 2 N–H and O–H groups in total. The highest BCUT2D eigenvalue weighted by molar-refractivity contribution is 5.78. The van der Waals surface area contributed by atoms with Crippen LogP contribution in [0.2, 0.25) is 0 Å². The molecule has 1 amide bonds. The minimum Gasteiger partial charge on any atom is -0.481 e. The molecular weight excluding hydrogens is 270 g/mol. The van der Waals surface area contributed by atoms with Crippen LogP contribution in [-0.2, 0) is 9.59 Å². The number of nitrogens with zero attached hydrogens (tertiary/aromatic N) is 2. The van der Waals surface area contributed by atoms with Crippen LogP contribution < -0.4 is 5.32 Å². The van der Waals surface area contributed by atoms with Gasteiger partial charge in [0.1, 0.15) is 0 Å². The van der Waals surface area contributed by atoms with Crippen LogP contribution in [0.4, 0.5) is 0 Å². The van der Waals surface area contributed by atoms with E-state index < -0.39 is 11.9 Å². The molecule has 1 fully saturated rings. The van der Waals surface area contributed by atoms with Gasteiger partial charge in [0.15, 0.2) is 0 Å². The fourth-order valence-corrected chi connectivity index (χ4v) is 3.08. The predicted octanol–water partition coefficient (Wildman–Crippen LogP) is 1.98. The van der Waals surface area contributed by atoms with Gasteiger partial charge in [0.25, 0.3) is 0 Å². The average molecular weight is 293 g/mol. The van der Waals surface area contributed by atoms with Crippen LogP contribution in [0.1, 0.15) is 51.5 Å². The van der Waals surface area contributed by atoms with Gasteiger partial charge in [0, 0.05) is 30.9 Å². The van der Waals surface area contributed by atoms with E-state index in [9.17, 15) is 9.59 Å². The molecule has 116 valence electrons. The van der Waals surface area contributed by atoms with Crippen LogP contribution in [0.15, 0.2) is 18.7 Å². The number of carboxylic acid groups (broad SMARTS) is 1. The number of amides is 1. The fraction of sp³-hybridized carbons (Fsp3) is 0.667. The van der Waals surface area contributed by atoms with E-state index in [0.717, 1.165) is 25.7 Å². The van der Waals surface area contributed by atoms with Crippen molar-refractivity contribution in [2.24, 2.45) is 5.92 Å². The Morgan fingerprint density at radius 3 is 2.90 bits per heavy atom. The first-order valence-electron chi connectivity index (χ1n) is 7.61. The molecule has 0 radical (unpaired) electrons. The molecule has 2 rings (SSSR count). The van der Waals surface area contributed by atoms with Crippen molar-refractivity contribution >= 4 is 11.9 Å². The number of aromatic nitrogens is 2. The third kappa shape index (κ3) is 4.06. The van der Waals surface area contributed by atoms with E-state index in [1.807, 2.05) is 10.8 Å². The Morgan fingerprint density at radius 2 is 2.29 bits per heavy atom. The van der Waals surface area contributed by atoms with Gasteiger partial charge >= 0.3 is 5.97 Å². The lowest BCUT2D eigenvalue weighted by molar-refractivity contribution is -0.142. The molecule has 1 aliphatic rings. The van der Waals surface area contributed by atoms with Gasteiger partial charge in [0.2, 0.25) is 5.91 Å². The zero-order chi connectivity index (χ0) is 15.2. The molecule has 0 aromatic carbocycles. The molecule has 0 spiro atoms. The molecule has 6 heteroatoms. The number of nitrogens with one attached hydrogen (secondary N) is 1. The van der Waals surface area contributed by atoms with Crippen LogP contribution in [0.3, 0.4) is 0 Å². The van der Waals surface area contributed by atoms with Crippen LogP contribution in [0, 0.1) is 5.92 Å². The quantitative estimate of drug-likeness (QED) is 0.805. The number of carbonyl (C=O) groups is 2. The van der Waals surface area contributed by atoms with Crippen LogP contribution >= 0.6 is 0 Å². The van der Waals surface area contributed by atoms with Crippen molar-refractivity contribution < 1.29 is 14.7 Å². The van der Waals surface area contributed by atoms with E-state index >= 15 is 0 Å². The normalized spacial score (nSPS) is 22.9. The second-order valence-electron chi connectivity index (χ2n) is 5.71. The van der Waals surface area contributed by atoms with Gasteiger partial charge in [-0.3, -0.25) is 9.59 Å². The fourth-order valence-electron chi connectivity index (χ4n) is 3.08. The summed E-state index contributed by atoms with van der Waals surface area (Å²) < 4.78 is 1.95. The number of hydrogen-bond acceptors (Lipinski definition) is 3. The lowest BCUT2D eigenvalue weighted by atomic mass is 10.0. The number of rotatable bonds is 7. The van der Waals surface area contributed by atoms with E-state index in [0.29, 0.717) is 12.8 Å². The average Bonchev–Trinajstić information content (AvgIpc) is 3.08. The van der Waals surface area contributed by atoms with Gasteiger partial charge in [0.05, 0.1) is 12.2 Å². The Kier molecular flexibility index (Phi) is 5.36. The Morgan fingerprint density at radius 1 is 1.48 bits per heavy atom. The second kappa shape index (κ2) is 7.24. The molecule has 0 aliphatic heterocycles. The molecule has 1 heterocycles. The van der Waals surface area contributed by atoms with Gasteiger partial charge < -0.3 is 15.0 Å². The lowest BCUT2D eigenvalue weighted by Gasteiger charge is -2.21. The largest absolute Gasteiger partial charge is 0.481 e. The summed E-state index contributed by atoms with van der Waals surface area (Å²) in [5, 5.41) is 12.1. The first-order chi connectivity index (χ1) is 10.1.